The molecule has 2 heterocycles. The van der Waals surface area contributed by atoms with Crippen molar-refractivity contribution in [1.29, 1.82) is 0 Å². The standard InChI is InChI=1S/C18H22FNS/c1-2-14-12-17(21-13-14)18(20-10-4-3-5-11-20)15-6-8-16(19)9-7-15/h6-9,12-13,18H,2-5,10-11H2,1H3. The zero-order chi connectivity index (χ0) is 14.7. The second-order valence-corrected chi connectivity index (χ2v) is 6.70. The minimum absolute atomic E-state index is 0.156. The number of likely N-dealkylation sites (tertiary alicyclic amines) is 1. The molecule has 1 aromatic carbocycles. The smallest absolute Gasteiger partial charge is 0.123 e. The topological polar surface area (TPSA) is 3.24 Å². The predicted molar refractivity (Wildman–Crippen MR) is 87.4 cm³/mol. The van der Waals surface area contributed by atoms with Crippen molar-refractivity contribution < 1.29 is 4.39 Å². The molecule has 0 bridgehead atoms. The van der Waals surface area contributed by atoms with E-state index in [1.807, 2.05) is 23.5 Å². The van der Waals surface area contributed by atoms with E-state index in [0.29, 0.717) is 0 Å². The van der Waals surface area contributed by atoms with Crippen molar-refractivity contribution >= 4 is 11.3 Å². The van der Waals surface area contributed by atoms with Crippen LogP contribution in [0.15, 0.2) is 35.7 Å². The zero-order valence-corrected chi connectivity index (χ0v) is 13.3. The van der Waals surface area contributed by atoms with Gasteiger partial charge in [0.05, 0.1) is 6.04 Å². The van der Waals surface area contributed by atoms with Crippen LogP contribution in [0, 0.1) is 5.82 Å². The van der Waals surface area contributed by atoms with E-state index in [2.05, 4.69) is 23.3 Å². The Labute approximate surface area is 130 Å². The molecule has 0 aliphatic carbocycles. The molecule has 1 aromatic heterocycles. The molecule has 21 heavy (non-hydrogen) atoms. The first-order valence-corrected chi connectivity index (χ1v) is 8.72. The van der Waals surface area contributed by atoms with Crippen molar-refractivity contribution in [2.24, 2.45) is 0 Å². The van der Waals surface area contributed by atoms with Gasteiger partial charge in [-0.3, -0.25) is 4.90 Å². The van der Waals surface area contributed by atoms with Crippen molar-refractivity contribution in [1.82, 2.24) is 4.90 Å². The van der Waals surface area contributed by atoms with Crippen LogP contribution in [-0.2, 0) is 6.42 Å². The van der Waals surface area contributed by atoms with Crippen LogP contribution in [0.3, 0.4) is 0 Å². The monoisotopic (exact) mass is 303 g/mol. The van der Waals surface area contributed by atoms with Gasteiger partial charge in [-0.15, -0.1) is 11.3 Å². The Morgan fingerprint density at radius 3 is 2.48 bits per heavy atom. The highest BCUT2D eigenvalue weighted by Crippen LogP contribution is 2.35. The van der Waals surface area contributed by atoms with Crippen LogP contribution in [0.2, 0.25) is 0 Å². The average Bonchev–Trinajstić information content (AvgIpc) is 2.99. The fraction of sp³-hybridized carbons (Fsp3) is 0.444. The van der Waals surface area contributed by atoms with E-state index in [4.69, 9.17) is 0 Å². The van der Waals surface area contributed by atoms with E-state index in [0.717, 1.165) is 19.5 Å². The molecule has 3 rings (SSSR count). The number of halogens is 1. The van der Waals surface area contributed by atoms with E-state index >= 15 is 0 Å². The molecule has 0 spiro atoms. The van der Waals surface area contributed by atoms with E-state index in [1.54, 1.807) is 12.1 Å². The summed E-state index contributed by atoms with van der Waals surface area (Å²) in [6, 6.07) is 9.67. The molecule has 1 aliphatic heterocycles. The molecule has 1 atom stereocenters. The maximum atomic E-state index is 13.2. The number of aryl methyl sites for hydroxylation is 1. The van der Waals surface area contributed by atoms with Crippen molar-refractivity contribution in [3.05, 3.63) is 57.5 Å². The summed E-state index contributed by atoms with van der Waals surface area (Å²) in [6.45, 7) is 4.47. The minimum Gasteiger partial charge on any atom is -0.292 e. The van der Waals surface area contributed by atoms with Gasteiger partial charge in [0.1, 0.15) is 5.82 Å². The highest BCUT2D eigenvalue weighted by molar-refractivity contribution is 7.10. The largest absolute Gasteiger partial charge is 0.292 e. The van der Waals surface area contributed by atoms with Gasteiger partial charge < -0.3 is 0 Å². The Balaban J connectivity index is 1.95. The highest BCUT2D eigenvalue weighted by Gasteiger charge is 2.25. The molecule has 1 fully saturated rings. The van der Waals surface area contributed by atoms with E-state index < -0.39 is 0 Å². The Kier molecular flexibility index (Phi) is 4.71. The summed E-state index contributed by atoms with van der Waals surface area (Å²) in [4.78, 5) is 3.95. The van der Waals surface area contributed by atoms with Gasteiger partial charge in [-0.2, -0.15) is 0 Å². The van der Waals surface area contributed by atoms with E-state index in [-0.39, 0.29) is 11.9 Å². The van der Waals surface area contributed by atoms with Gasteiger partial charge in [0.25, 0.3) is 0 Å². The molecule has 2 aromatic rings. The van der Waals surface area contributed by atoms with Gasteiger partial charge in [-0.05, 0) is 67.1 Å². The quantitative estimate of drug-likeness (QED) is 0.766. The second kappa shape index (κ2) is 6.71. The molecule has 1 saturated heterocycles. The molecule has 3 heteroatoms. The lowest BCUT2D eigenvalue weighted by molar-refractivity contribution is 0.189. The first kappa shape index (κ1) is 14.7. The summed E-state index contributed by atoms with van der Waals surface area (Å²) in [7, 11) is 0. The number of nitrogens with zero attached hydrogens (tertiary/aromatic N) is 1. The molecule has 112 valence electrons. The number of piperidine rings is 1. The van der Waals surface area contributed by atoms with Gasteiger partial charge >= 0.3 is 0 Å². The number of hydrogen-bond donors (Lipinski definition) is 0. The number of rotatable bonds is 4. The third-order valence-corrected chi connectivity index (χ3v) is 5.33. The summed E-state index contributed by atoms with van der Waals surface area (Å²) >= 11 is 1.84. The average molecular weight is 303 g/mol. The van der Waals surface area contributed by atoms with Crippen molar-refractivity contribution in [3.8, 4) is 0 Å². The van der Waals surface area contributed by atoms with Crippen molar-refractivity contribution in [2.45, 2.75) is 38.6 Å². The van der Waals surface area contributed by atoms with Crippen LogP contribution >= 0.6 is 11.3 Å². The molecule has 0 radical (unpaired) electrons. The fourth-order valence-corrected chi connectivity index (χ4v) is 4.26. The normalized spacial score (nSPS) is 17.8. The molecule has 1 aliphatic rings. The zero-order valence-electron chi connectivity index (χ0n) is 12.5. The molecular weight excluding hydrogens is 281 g/mol. The summed E-state index contributed by atoms with van der Waals surface area (Å²) in [5, 5.41) is 2.26. The number of thiophene rings is 1. The Morgan fingerprint density at radius 2 is 1.86 bits per heavy atom. The van der Waals surface area contributed by atoms with Gasteiger partial charge in [-0.1, -0.05) is 25.5 Å². The molecule has 1 nitrogen and oxygen atoms in total. The number of benzene rings is 1. The fourth-order valence-electron chi connectivity index (χ4n) is 3.10. The van der Waals surface area contributed by atoms with E-state index in [1.165, 1.54) is 35.3 Å². The van der Waals surface area contributed by atoms with Crippen LogP contribution in [0.25, 0.3) is 0 Å². The molecular formula is C18H22FNS. The first-order chi connectivity index (χ1) is 10.3. The summed E-state index contributed by atoms with van der Waals surface area (Å²) in [6.07, 6.45) is 4.94. The summed E-state index contributed by atoms with van der Waals surface area (Å²) < 4.78 is 13.2. The summed E-state index contributed by atoms with van der Waals surface area (Å²) in [5.41, 5.74) is 2.61. The number of hydrogen-bond acceptors (Lipinski definition) is 2. The third-order valence-electron chi connectivity index (χ3n) is 4.29. The van der Waals surface area contributed by atoms with Gasteiger partial charge in [-0.25, -0.2) is 4.39 Å². The lowest BCUT2D eigenvalue weighted by Gasteiger charge is -2.34. The van der Waals surface area contributed by atoms with Gasteiger partial charge in [0, 0.05) is 4.88 Å². The molecule has 0 saturated carbocycles. The van der Waals surface area contributed by atoms with Crippen LogP contribution in [0.4, 0.5) is 4.39 Å². The Bertz CT molecular complexity index is 569. The Hall–Kier alpha value is -1.19. The Morgan fingerprint density at radius 1 is 1.14 bits per heavy atom. The summed E-state index contributed by atoms with van der Waals surface area (Å²) in [5.74, 6) is -0.156. The molecule has 1 unspecified atom stereocenters. The first-order valence-electron chi connectivity index (χ1n) is 7.84. The van der Waals surface area contributed by atoms with Crippen LogP contribution in [0.5, 0.6) is 0 Å². The van der Waals surface area contributed by atoms with Gasteiger partial charge in [0.2, 0.25) is 0 Å². The molecule has 0 amide bonds. The van der Waals surface area contributed by atoms with Crippen LogP contribution in [-0.4, -0.2) is 18.0 Å². The highest BCUT2D eigenvalue weighted by atomic mass is 32.1. The maximum absolute atomic E-state index is 13.2. The van der Waals surface area contributed by atoms with Gasteiger partial charge in [0.15, 0.2) is 0 Å². The lowest BCUT2D eigenvalue weighted by atomic mass is 9.99. The minimum atomic E-state index is -0.156. The van der Waals surface area contributed by atoms with Crippen LogP contribution < -0.4 is 0 Å². The third kappa shape index (κ3) is 3.35. The van der Waals surface area contributed by atoms with E-state index in [9.17, 15) is 4.39 Å². The SMILES string of the molecule is CCc1csc(C(c2ccc(F)cc2)N2CCCCC2)c1. The molecule has 0 N–H and O–H groups in total. The van der Waals surface area contributed by atoms with Crippen molar-refractivity contribution in [3.63, 3.8) is 0 Å². The lowest BCUT2D eigenvalue weighted by Crippen LogP contribution is -2.34. The maximum Gasteiger partial charge on any atom is 0.123 e. The predicted octanol–water partition coefficient (Wildman–Crippen LogP) is 5.02. The second-order valence-electron chi connectivity index (χ2n) is 5.76. The van der Waals surface area contributed by atoms with Crippen LogP contribution in [0.1, 0.15) is 48.2 Å². The van der Waals surface area contributed by atoms with Crippen molar-refractivity contribution in [2.75, 3.05) is 13.1 Å².